The zero-order valence-electron chi connectivity index (χ0n) is 15.6. The summed E-state index contributed by atoms with van der Waals surface area (Å²) < 4.78 is 2.08. The van der Waals surface area contributed by atoms with Gasteiger partial charge in [-0.1, -0.05) is 32.0 Å². The molecule has 0 radical (unpaired) electrons. The molecule has 2 aromatic heterocycles. The highest BCUT2D eigenvalue weighted by atomic mass is 16.2. The maximum atomic E-state index is 12.9. The van der Waals surface area contributed by atoms with Crippen molar-refractivity contribution in [2.24, 2.45) is 13.0 Å². The number of para-hydroxylation sites is 1. The first-order valence-electron chi connectivity index (χ1n) is 9.15. The highest BCUT2D eigenvalue weighted by Gasteiger charge is 2.26. The molecule has 3 aromatic rings. The number of aryl methyl sites for hydroxylation is 1. The number of aromatic nitrogens is 3. The first-order chi connectivity index (χ1) is 12.5. The van der Waals surface area contributed by atoms with Crippen molar-refractivity contribution in [2.75, 3.05) is 0 Å². The molecule has 1 aromatic carbocycles. The van der Waals surface area contributed by atoms with E-state index in [0.29, 0.717) is 25.4 Å². The molecule has 0 aliphatic carbocycles. The van der Waals surface area contributed by atoms with Gasteiger partial charge in [-0.2, -0.15) is 0 Å². The lowest BCUT2D eigenvalue weighted by molar-refractivity contribution is -0.131. The van der Waals surface area contributed by atoms with Crippen LogP contribution in [0.1, 0.15) is 36.5 Å². The Labute approximate surface area is 153 Å². The quantitative estimate of drug-likeness (QED) is 0.727. The van der Waals surface area contributed by atoms with E-state index in [2.05, 4.69) is 46.7 Å². The minimum Gasteiger partial charge on any atom is -0.350 e. The van der Waals surface area contributed by atoms with Crippen LogP contribution in [0.4, 0.5) is 0 Å². The van der Waals surface area contributed by atoms with Gasteiger partial charge in [-0.15, -0.1) is 0 Å². The fourth-order valence-corrected chi connectivity index (χ4v) is 3.68. The van der Waals surface area contributed by atoms with Gasteiger partial charge in [-0.25, -0.2) is 9.97 Å². The van der Waals surface area contributed by atoms with E-state index in [9.17, 15) is 4.79 Å². The number of hydrogen-bond acceptors (Lipinski definition) is 3. The Kier molecular flexibility index (Phi) is 4.23. The van der Waals surface area contributed by atoms with Gasteiger partial charge in [-0.3, -0.25) is 4.79 Å². The van der Waals surface area contributed by atoms with Crippen LogP contribution in [0.2, 0.25) is 0 Å². The second-order valence-electron chi connectivity index (χ2n) is 7.57. The normalized spacial score (nSPS) is 13.6. The van der Waals surface area contributed by atoms with Gasteiger partial charge >= 0.3 is 0 Å². The van der Waals surface area contributed by atoms with Crippen molar-refractivity contribution in [1.82, 2.24) is 19.4 Å². The van der Waals surface area contributed by atoms with Crippen molar-refractivity contribution in [3.05, 3.63) is 59.3 Å². The number of fused-ring (bicyclic) bond motifs is 2. The van der Waals surface area contributed by atoms with Crippen LogP contribution < -0.4 is 0 Å². The molecule has 3 heterocycles. The second kappa shape index (κ2) is 6.56. The maximum Gasteiger partial charge on any atom is 0.227 e. The van der Waals surface area contributed by atoms with Crippen LogP contribution in [-0.4, -0.2) is 25.3 Å². The number of carbonyl (C=O) groups excluding carboxylic acids is 1. The number of rotatable bonds is 4. The average molecular weight is 348 g/mol. The van der Waals surface area contributed by atoms with Gasteiger partial charge in [0, 0.05) is 48.9 Å². The van der Waals surface area contributed by atoms with Crippen LogP contribution in [0, 0.1) is 5.92 Å². The molecule has 0 unspecified atom stereocenters. The number of benzene rings is 1. The summed E-state index contributed by atoms with van der Waals surface area (Å²) in [5.74, 6) is 1.55. The molecule has 26 heavy (non-hydrogen) atoms. The third kappa shape index (κ3) is 3.09. The molecule has 0 bridgehead atoms. The molecule has 0 saturated carbocycles. The monoisotopic (exact) mass is 348 g/mol. The zero-order valence-corrected chi connectivity index (χ0v) is 15.6. The lowest BCUT2D eigenvalue weighted by Crippen LogP contribution is -2.26. The number of nitrogens with zero attached hydrogens (tertiary/aromatic N) is 4. The van der Waals surface area contributed by atoms with Gasteiger partial charge in [0.25, 0.3) is 0 Å². The molecular formula is C21H24N4O. The van der Waals surface area contributed by atoms with Crippen molar-refractivity contribution < 1.29 is 4.79 Å². The third-order valence-electron chi connectivity index (χ3n) is 4.97. The Morgan fingerprint density at radius 3 is 2.85 bits per heavy atom. The summed E-state index contributed by atoms with van der Waals surface area (Å²) in [6.07, 6.45) is 5.25. The number of hydrogen-bond donors (Lipinski definition) is 0. The Hall–Kier alpha value is -2.69. The third-order valence-corrected chi connectivity index (χ3v) is 4.97. The van der Waals surface area contributed by atoms with E-state index in [1.54, 1.807) is 0 Å². The summed E-state index contributed by atoms with van der Waals surface area (Å²) in [7, 11) is 2.02. The van der Waals surface area contributed by atoms with Crippen molar-refractivity contribution >= 4 is 16.8 Å². The van der Waals surface area contributed by atoms with Crippen LogP contribution >= 0.6 is 0 Å². The molecule has 4 rings (SSSR count). The van der Waals surface area contributed by atoms with E-state index < -0.39 is 0 Å². The van der Waals surface area contributed by atoms with Gasteiger partial charge < -0.3 is 9.47 Å². The van der Waals surface area contributed by atoms with Crippen LogP contribution in [-0.2, 0) is 37.8 Å². The van der Waals surface area contributed by atoms with Crippen LogP contribution in [0.3, 0.4) is 0 Å². The van der Waals surface area contributed by atoms with Gasteiger partial charge in [0.1, 0.15) is 5.82 Å². The Morgan fingerprint density at radius 2 is 2.04 bits per heavy atom. The predicted octanol–water partition coefficient (Wildman–Crippen LogP) is 3.25. The van der Waals surface area contributed by atoms with Crippen molar-refractivity contribution in [1.29, 1.82) is 0 Å². The minimum absolute atomic E-state index is 0.143. The Balaban J connectivity index is 1.50. The molecule has 0 N–H and O–H groups in total. The van der Waals surface area contributed by atoms with Crippen LogP contribution in [0.5, 0.6) is 0 Å². The van der Waals surface area contributed by atoms with E-state index in [4.69, 9.17) is 0 Å². The van der Waals surface area contributed by atoms with Gasteiger partial charge in [0.15, 0.2) is 0 Å². The highest BCUT2D eigenvalue weighted by Crippen LogP contribution is 2.25. The van der Waals surface area contributed by atoms with E-state index in [1.165, 1.54) is 0 Å². The summed E-state index contributed by atoms with van der Waals surface area (Å²) in [6.45, 7) is 5.53. The summed E-state index contributed by atoms with van der Waals surface area (Å²) in [6, 6.07) is 8.22. The van der Waals surface area contributed by atoms with Gasteiger partial charge in [0.05, 0.1) is 18.7 Å². The molecule has 134 valence electrons. The summed E-state index contributed by atoms with van der Waals surface area (Å²) in [5.41, 5.74) is 4.31. The minimum atomic E-state index is 0.143. The molecule has 5 nitrogen and oxygen atoms in total. The standard InChI is InChI=1S/C21H24N4O/c1-14(2)8-20-22-10-16-12-25(13-18(16)23-20)21(26)9-15-11-24(3)19-7-5-4-6-17(15)19/h4-7,10-11,14H,8-9,12-13H2,1-3H3. The lowest BCUT2D eigenvalue weighted by atomic mass is 10.1. The molecule has 1 amide bonds. The van der Waals surface area contributed by atoms with Crippen molar-refractivity contribution in [2.45, 2.75) is 39.8 Å². The summed E-state index contributed by atoms with van der Waals surface area (Å²) in [4.78, 5) is 23.9. The van der Waals surface area contributed by atoms with Gasteiger partial charge in [0.2, 0.25) is 5.91 Å². The molecule has 0 saturated heterocycles. The van der Waals surface area contributed by atoms with Crippen molar-refractivity contribution in [3.63, 3.8) is 0 Å². The molecule has 5 heteroatoms. The van der Waals surface area contributed by atoms with E-state index >= 15 is 0 Å². The van der Waals surface area contributed by atoms with Crippen LogP contribution in [0.15, 0.2) is 36.7 Å². The molecule has 1 aliphatic heterocycles. The van der Waals surface area contributed by atoms with Crippen molar-refractivity contribution in [3.8, 4) is 0 Å². The highest BCUT2D eigenvalue weighted by molar-refractivity contribution is 5.89. The molecular weight excluding hydrogens is 324 g/mol. The smallest absolute Gasteiger partial charge is 0.227 e. The molecule has 0 atom stereocenters. The maximum absolute atomic E-state index is 12.9. The fraction of sp³-hybridized carbons (Fsp3) is 0.381. The SMILES string of the molecule is CC(C)Cc1ncc2c(n1)CN(C(=O)Cc1cn(C)c3ccccc13)C2. The predicted molar refractivity (Wildman–Crippen MR) is 101 cm³/mol. The van der Waals surface area contributed by atoms with E-state index in [1.807, 2.05) is 30.3 Å². The summed E-state index contributed by atoms with van der Waals surface area (Å²) in [5, 5.41) is 1.15. The topological polar surface area (TPSA) is 51.0 Å². The fourth-order valence-electron chi connectivity index (χ4n) is 3.68. The summed E-state index contributed by atoms with van der Waals surface area (Å²) >= 11 is 0. The Bertz CT molecular complexity index is 973. The second-order valence-corrected chi connectivity index (χ2v) is 7.57. The van der Waals surface area contributed by atoms with E-state index in [0.717, 1.165) is 40.0 Å². The lowest BCUT2D eigenvalue weighted by Gasteiger charge is -2.14. The first kappa shape index (κ1) is 16.8. The zero-order chi connectivity index (χ0) is 18.3. The number of carbonyl (C=O) groups is 1. The largest absolute Gasteiger partial charge is 0.350 e. The molecule has 0 spiro atoms. The van der Waals surface area contributed by atoms with Crippen LogP contribution in [0.25, 0.3) is 10.9 Å². The van der Waals surface area contributed by atoms with Gasteiger partial charge in [-0.05, 0) is 17.5 Å². The average Bonchev–Trinajstić information content (AvgIpc) is 3.16. The van der Waals surface area contributed by atoms with E-state index in [-0.39, 0.29) is 5.91 Å². The molecule has 0 fully saturated rings. The Morgan fingerprint density at radius 1 is 1.23 bits per heavy atom. The molecule has 1 aliphatic rings. The number of amides is 1. The first-order valence-corrected chi connectivity index (χ1v) is 9.15.